The van der Waals surface area contributed by atoms with Crippen LogP contribution in [0.2, 0.25) is 5.02 Å². The molecule has 0 heterocycles. The average molecular weight is 256 g/mol. The number of ketones is 1. The van der Waals surface area contributed by atoms with E-state index in [4.69, 9.17) is 16.7 Å². The first-order chi connectivity index (χ1) is 8.04. The molecule has 17 heavy (non-hydrogen) atoms. The summed E-state index contributed by atoms with van der Waals surface area (Å²) in [6, 6.07) is 7.16. The van der Waals surface area contributed by atoms with E-state index in [0.717, 1.165) is 0 Å². The van der Waals surface area contributed by atoms with Gasteiger partial charge in [0.15, 0.2) is 5.78 Å². The highest BCUT2D eigenvalue weighted by atomic mass is 35.5. The third kappa shape index (κ3) is 4.46. The molecular weight excluding hydrogens is 238 g/mol. The number of carbonyl (C=O) groups excluding carboxylic acids is 1. The zero-order chi connectivity index (χ0) is 12.8. The SMILES string of the molecule is CC(C)N(CCO)CC(=O)c1cccc(Cl)c1. The quantitative estimate of drug-likeness (QED) is 0.793. The van der Waals surface area contributed by atoms with Gasteiger partial charge in [-0.05, 0) is 26.0 Å². The number of carbonyl (C=O) groups is 1. The van der Waals surface area contributed by atoms with Crippen LogP contribution >= 0.6 is 11.6 Å². The second kappa shape index (κ2) is 6.74. The number of aliphatic hydroxyl groups is 1. The first-order valence-corrected chi connectivity index (χ1v) is 6.06. The number of hydrogen-bond donors (Lipinski definition) is 1. The predicted molar refractivity (Wildman–Crippen MR) is 69.6 cm³/mol. The Kier molecular flexibility index (Phi) is 5.62. The molecule has 0 aliphatic heterocycles. The van der Waals surface area contributed by atoms with Crippen LogP contribution in [0.3, 0.4) is 0 Å². The molecule has 0 saturated carbocycles. The third-order valence-electron chi connectivity index (χ3n) is 2.61. The van der Waals surface area contributed by atoms with Crippen LogP contribution in [-0.2, 0) is 0 Å². The summed E-state index contributed by atoms with van der Waals surface area (Å²) < 4.78 is 0. The Balaban J connectivity index is 2.70. The zero-order valence-corrected chi connectivity index (χ0v) is 10.9. The topological polar surface area (TPSA) is 40.5 Å². The molecule has 94 valence electrons. The van der Waals surface area contributed by atoms with Gasteiger partial charge in [-0.2, -0.15) is 0 Å². The van der Waals surface area contributed by atoms with Gasteiger partial charge in [0.05, 0.1) is 13.2 Å². The lowest BCUT2D eigenvalue weighted by Crippen LogP contribution is -2.37. The summed E-state index contributed by atoms with van der Waals surface area (Å²) in [5.41, 5.74) is 0.612. The van der Waals surface area contributed by atoms with Gasteiger partial charge < -0.3 is 5.11 Å². The monoisotopic (exact) mass is 255 g/mol. The number of rotatable bonds is 6. The molecule has 1 N–H and O–H groups in total. The summed E-state index contributed by atoms with van der Waals surface area (Å²) in [4.78, 5) is 13.9. The lowest BCUT2D eigenvalue weighted by molar-refractivity contribution is 0.0881. The molecule has 0 fully saturated rings. The highest BCUT2D eigenvalue weighted by molar-refractivity contribution is 6.31. The maximum atomic E-state index is 12.0. The van der Waals surface area contributed by atoms with Crippen molar-refractivity contribution in [1.82, 2.24) is 4.90 Å². The second-order valence-corrected chi connectivity index (χ2v) is 4.66. The van der Waals surface area contributed by atoms with Gasteiger partial charge in [0, 0.05) is 23.2 Å². The van der Waals surface area contributed by atoms with E-state index >= 15 is 0 Å². The van der Waals surface area contributed by atoms with Gasteiger partial charge in [0.25, 0.3) is 0 Å². The van der Waals surface area contributed by atoms with Gasteiger partial charge in [-0.15, -0.1) is 0 Å². The van der Waals surface area contributed by atoms with Gasteiger partial charge in [0.1, 0.15) is 0 Å². The highest BCUT2D eigenvalue weighted by Crippen LogP contribution is 2.12. The van der Waals surface area contributed by atoms with E-state index in [1.165, 1.54) is 0 Å². The van der Waals surface area contributed by atoms with Gasteiger partial charge in [-0.1, -0.05) is 23.7 Å². The minimum Gasteiger partial charge on any atom is -0.395 e. The van der Waals surface area contributed by atoms with E-state index in [1.807, 2.05) is 18.7 Å². The fraction of sp³-hybridized carbons (Fsp3) is 0.462. The summed E-state index contributed by atoms with van der Waals surface area (Å²) in [5, 5.41) is 9.50. The van der Waals surface area contributed by atoms with Crippen molar-refractivity contribution in [2.24, 2.45) is 0 Å². The molecule has 0 aliphatic rings. The first-order valence-electron chi connectivity index (χ1n) is 5.68. The number of halogens is 1. The number of aliphatic hydroxyl groups excluding tert-OH is 1. The summed E-state index contributed by atoms with van der Waals surface area (Å²) >= 11 is 5.84. The number of hydrogen-bond acceptors (Lipinski definition) is 3. The number of benzene rings is 1. The molecule has 0 spiro atoms. The van der Waals surface area contributed by atoms with Crippen LogP contribution in [-0.4, -0.2) is 41.5 Å². The molecular formula is C13H18ClNO2. The van der Waals surface area contributed by atoms with Crippen molar-refractivity contribution in [3.8, 4) is 0 Å². The molecule has 3 nitrogen and oxygen atoms in total. The van der Waals surface area contributed by atoms with Crippen LogP contribution in [0, 0.1) is 0 Å². The zero-order valence-electron chi connectivity index (χ0n) is 10.2. The molecule has 0 aromatic heterocycles. The largest absolute Gasteiger partial charge is 0.395 e. The number of nitrogens with zero attached hydrogens (tertiary/aromatic N) is 1. The molecule has 1 rings (SSSR count). The van der Waals surface area contributed by atoms with Crippen molar-refractivity contribution in [3.63, 3.8) is 0 Å². The fourth-order valence-electron chi connectivity index (χ4n) is 1.59. The molecule has 0 amide bonds. The Hall–Kier alpha value is -0.900. The Morgan fingerprint density at radius 3 is 2.71 bits per heavy atom. The van der Waals surface area contributed by atoms with Crippen LogP contribution in [0.1, 0.15) is 24.2 Å². The van der Waals surface area contributed by atoms with Gasteiger partial charge >= 0.3 is 0 Å². The van der Waals surface area contributed by atoms with Crippen LogP contribution < -0.4 is 0 Å². The van der Waals surface area contributed by atoms with E-state index < -0.39 is 0 Å². The van der Waals surface area contributed by atoms with Crippen molar-refractivity contribution < 1.29 is 9.90 Å². The molecule has 1 aromatic carbocycles. The van der Waals surface area contributed by atoms with E-state index in [-0.39, 0.29) is 18.4 Å². The van der Waals surface area contributed by atoms with E-state index in [0.29, 0.717) is 23.7 Å². The van der Waals surface area contributed by atoms with E-state index in [1.54, 1.807) is 24.3 Å². The van der Waals surface area contributed by atoms with Crippen molar-refractivity contribution in [1.29, 1.82) is 0 Å². The van der Waals surface area contributed by atoms with Crippen molar-refractivity contribution in [2.45, 2.75) is 19.9 Å². The van der Waals surface area contributed by atoms with Crippen molar-refractivity contribution in [2.75, 3.05) is 19.7 Å². The average Bonchev–Trinajstić information content (AvgIpc) is 2.28. The van der Waals surface area contributed by atoms with Crippen LogP contribution in [0.25, 0.3) is 0 Å². The molecule has 4 heteroatoms. The smallest absolute Gasteiger partial charge is 0.176 e. The highest BCUT2D eigenvalue weighted by Gasteiger charge is 2.14. The van der Waals surface area contributed by atoms with Crippen LogP contribution in [0.4, 0.5) is 0 Å². The summed E-state index contributed by atoms with van der Waals surface area (Å²) in [6.45, 7) is 4.87. The second-order valence-electron chi connectivity index (χ2n) is 4.22. The Labute approximate surface area is 107 Å². The summed E-state index contributed by atoms with van der Waals surface area (Å²) in [7, 11) is 0. The first kappa shape index (κ1) is 14.2. The van der Waals surface area contributed by atoms with Crippen LogP contribution in [0.15, 0.2) is 24.3 Å². The molecule has 0 bridgehead atoms. The third-order valence-corrected chi connectivity index (χ3v) is 2.85. The van der Waals surface area contributed by atoms with E-state index in [9.17, 15) is 4.79 Å². The normalized spacial score (nSPS) is 11.2. The molecule has 1 aromatic rings. The lowest BCUT2D eigenvalue weighted by Gasteiger charge is -2.24. The molecule has 0 atom stereocenters. The fourth-order valence-corrected chi connectivity index (χ4v) is 1.78. The van der Waals surface area contributed by atoms with E-state index in [2.05, 4.69) is 0 Å². The summed E-state index contributed by atoms with van der Waals surface area (Å²) in [6.07, 6.45) is 0. The maximum Gasteiger partial charge on any atom is 0.176 e. The Bertz CT molecular complexity index is 379. The summed E-state index contributed by atoms with van der Waals surface area (Å²) in [5.74, 6) is 0.0228. The van der Waals surface area contributed by atoms with Crippen molar-refractivity contribution in [3.05, 3.63) is 34.9 Å². The Morgan fingerprint density at radius 1 is 1.47 bits per heavy atom. The van der Waals surface area contributed by atoms with Gasteiger partial charge in [-0.3, -0.25) is 9.69 Å². The van der Waals surface area contributed by atoms with Crippen LogP contribution in [0.5, 0.6) is 0 Å². The molecule has 0 radical (unpaired) electrons. The standard InChI is InChI=1S/C13H18ClNO2/c1-10(2)15(6-7-16)9-13(17)11-4-3-5-12(14)8-11/h3-5,8,10,16H,6-7,9H2,1-2H3. The van der Waals surface area contributed by atoms with Gasteiger partial charge in [0.2, 0.25) is 0 Å². The predicted octanol–water partition coefficient (Wildman–Crippen LogP) is 2.23. The Morgan fingerprint density at radius 2 is 2.18 bits per heavy atom. The van der Waals surface area contributed by atoms with Crippen molar-refractivity contribution >= 4 is 17.4 Å². The maximum absolute atomic E-state index is 12.0. The molecule has 0 unspecified atom stereocenters. The lowest BCUT2D eigenvalue weighted by atomic mass is 10.1. The number of Topliss-reactive ketones (excluding diaryl/α,β-unsaturated/α-hetero) is 1. The molecule has 0 saturated heterocycles. The molecule has 0 aliphatic carbocycles. The van der Waals surface area contributed by atoms with Gasteiger partial charge in [-0.25, -0.2) is 0 Å². The minimum atomic E-state index is 0.0228. The minimum absolute atomic E-state index is 0.0228.